The highest BCUT2D eigenvalue weighted by atomic mass is 79.9. The first-order valence-electron chi connectivity index (χ1n) is 5.87. The number of pyridine rings is 1. The topological polar surface area (TPSA) is 150 Å². The maximum absolute atomic E-state index is 11.7. The predicted octanol–water partition coefficient (Wildman–Crippen LogP) is 0.0855. The minimum absolute atomic E-state index is 0.153. The van der Waals surface area contributed by atoms with Gasteiger partial charge in [0.25, 0.3) is 0 Å². The predicted molar refractivity (Wildman–Crippen MR) is 78.4 cm³/mol. The van der Waals surface area contributed by atoms with E-state index < -0.39 is 19.9 Å². The smallest absolute Gasteiger partial charge is 0.303 e. The molecule has 0 aliphatic heterocycles. The van der Waals surface area contributed by atoms with E-state index in [0.29, 0.717) is 11.3 Å². The largest absolute Gasteiger partial charge is 0.478 e. The zero-order valence-corrected chi connectivity index (χ0v) is 13.2. The molecule has 4 N–H and O–H groups in total. The summed E-state index contributed by atoms with van der Waals surface area (Å²) in [5.74, 6) is 0.153. The SMILES string of the molecule is O=C(Cc1c(-c2nn[nH]n2)nc2cc(Br)ccn12)[P+](O)(O)O. The summed E-state index contributed by atoms with van der Waals surface area (Å²) in [6.07, 6.45) is 1.20. The minimum Gasteiger partial charge on any atom is -0.303 e. The first-order chi connectivity index (χ1) is 10.4. The Hall–Kier alpha value is -1.78. The molecule has 0 aliphatic carbocycles. The number of tetrazole rings is 1. The lowest BCUT2D eigenvalue weighted by Crippen LogP contribution is -2.10. The highest BCUT2D eigenvalue weighted by molar-refractivity contribution is 9.10. The standard InChI is InChI=1S/C10H9BrN6O4P/c11-5-1-2-17-6(4-8(18)22(19,20)21)9(12-7(17)3-5)10-13-15-16-14-10/h1-3,19-21H,4H2,(H,13,14,15,16)/q+1. The fraction of sp³-hybridized carbons (Fsp3) is 0.100. The van der Waals surface area contributed by atoms with E-state index in [9.17, 15) is 4.79 Å². The van der Waals surface area contributed by atoms with Gasteiger partial charge in [-0.25, -0.2) is 9.78 Å². The molecule has 3 aromatic heterocycles. The Morgan fingerprint density at radius 2 is 2.18 bits per heavy atom. The second kappa shape index (κ2) is 5.45. The van der Waals surface area contributed by atoms with E-state index in [1.54, 1.807) is 22.7 Å². The summed E-state index contributed by atoms with van der Waals surface area (Å²) in [5, 5.41) is 13.3. The first-order valence-corrected chi connectivity index (χ1v) is 8.31. The van der Waals surface area contributed by atoms with E-state index in [1.165, 1.54) is 0 Å². The number of aromatic nitrogens is 6. The number of H-pyrrole nitrogens is 1. The number of carbonyl (C=O) groups excluding carboxylic acids is 1. The van der Waals surface area contributed by atoms with Crippen LogP contribution in [-0.2, 0) is 11.2 Å². The molecule has 114 valence electrons. The lowest BCUT2D eigenvalue weighted by molar-refractivity contribution is -0.113. The maximum Gasteiger partial charge on any atom is 0.478 e. The van der Waals surface area contributed by atoms with Crippen molar-refractivity contribution in [3.8, 4) is 11.5 Å². The Morgan fingerprint density at radius 3 is 2.82 bits per heavy atom. The summed E-state index contributed by atoms with van der Waals surface area (Å²) in [6, 6.07) is 3.43. The fourth-order valence-electron chi connectivity index (χ4n) is 1.93. The van der Waals surface area contributed by atoms with Gasteiger partial charge in [0, 0.05) is 10.7 Å². The number of fused-ring (bicyclic) bond motifs is 1. The van der Waals surface area contributed by atoms with Crippen LogP contribution in [0.3, 0.4) is 0 Å². The van der Waals surface area contributed by atoms with Crippen LogP contribution in [0.1, 0.15) is 5.69 Å². The Kier molecular flexibility index (Phi) is 3.75. The van der Waals surface area contributed by atoms with E-state index in [1.807, 2.05) is 0 Å². The van der Waals surface area contributed by atoms with Gasteiger partial charge in [-0.2, -0.15) is 19.9 Å². The second-order valence-corrected chi connectivity index (χ2v) is 6.91. The summed E-state index contributed by atoms with van der Waals surface area (Å²) in [7, 11) is -4.59. The summed E-state index contributed by atoms with van der Waals surface area (Å²) in [4.78, 5) is 43.4. The number of halogens is 1. The van der Waals surface area contributed by atoms with Crippen molar-refractivity contribution in [2.45, 2.75) is 6.42 Å². The van der Waals surface area contributed by atoms with Gasteiger partial charge in [0.2, 0.25) is 5.82 Å². The normalized spacial score (nSPS) is 12.0. The Labute approximate surface area is 131 Å². The number of rotatable bonds is 4. The molecule has 0 bridgehead atoms. The van der Waals surface area contributed by atoms with Gasteiger partial charge in [0.05, 0.1) is 12.1 Å². The van der Waals surface area contributed by atoms with Crippen LogP contribution in [0.25, 0.3) is 17.2 Å². The van der Waals surface area contributed by atoms with Crippen LogP contribution in [0.15, 0.2) is 22.8 Å². The molecule has 0 fully saturated rings. The monoisotopic (exact) mass is 387 g/mol. The molecule has 0 unspecified atom stereocenters. The summed E-state index contributed by atoms with van der Waals surface area (Å²) >= 11 is 3.31. The zero-order chi connectivity index (χ0) is 15.9. The van der Waals surface area contributed by atoms with Gasteiger partial charge in [-0.15, -0.1) is 10.2 Å². The lowest BCUT2D eigenvalue weighted by atomic mass is 10.2. The molecule has 0 saturated carbocycles. The van der Waals surface area contributed by atoms with Crippen molar-refractivity contribution in [2.24, 2.45) is 0 Å². The van der Waals surface area contributed by atoms with Gasteiger partial charge in [0.15, 0.2) is 0 Å². The van der Waals surface area contributed by atoms with Gasteiger partial charge in [-0.1, -0.05) is 15.9 Å². The van der Waals surface area contributed by atoms with E-state index in [-0.39, 0.29) is 11.5 Å². The highest BCUT2D eigenvalue weighted by Gasteiger charge is 2.43. The Balaban J connectivity index is 2.17. The van der Waals surface area contributed by atoms with Crippen LogP contribution < -0.4 is 0 Å². The lowest BCUT2D eigenvalue weighted by Gasteiger charge is -2.04. The third-order valence-electron chi connectivity index (χ3n) is 2.90. The van der Waals surface area contributed by atoms with Gasteiger partial charge < -0.3 is 4.40 Å². The van der Waals surface area contributed by atoms with Crippen LogP contribution in [-0.4, -0.2) is 50.2 Å². The van der Waals surface area contributed by atoms with Crippen molar-refractivity contribution in [1.29, 1.82) is 0 Å². The maximum atomic E-state index is 11.7. The highest BCUT2D eigenvalue weighted by Crippen LogP contribution is 2.46. The second-order valence-electron chi connectivity index (χ2n) is 4.35. The molecule has 3 rings (SSSR count). The van der Waals surface area contributed by atoms with Gasteiger partial charge in [0.1, 0.15) is 11.3 Å². The average Bonchev–Trinajstić information content (AvgIpc) is 3.05. The summed E-state index contributed by atoms with van der Waals surface area (Å²) < 4.78 is 2.35. The molecular formula is C10H9BrN6O4P+. The fourth-order valence-corrected chi connectivity index (χ4v) is 2.61. The third kappa shape index (κ3) is 2.76. The number of hydrogen-bond donors (Lipinski definition) is 4. The molecule has 0 spiro atoms. The number of aromatic amines is 1. The zero-order valence-electron chi connectivity index (χ0n) is 10.8. The Morgan fingerprint density at radius 1 is 1.41 bits per heavy atom. The van der Waals surface area contributed by atoms with Crippen LogP contribution in [0.2, 0.25) is 0 Å². The molecule has 3 heterocycles. The molecule has 10 nitrogen and oxygen atoms in total. The van der Waals surface area contributed by atoms with Gasteiger partial charge in [-0.05, 0) is 17.3 Å². The number of nitrogens with zero attached hydrogens (tertiary/aromatic N) is 5. The van der Waals surface area contributed by atoms with Crippen LogP contribution in [0.4, 0.5) is 0 Å². The molecule has 12 heteroatoms. The van der Waals surface area contributed by atoms with Crippen LogP contribution in [0, 0.1) is 0 Å². The molecule has 22 heavy (non-hydrogen) atoms. The minimum atomic E-state index is -4.59. The molecule has 0 amide bonds. The van der Waals surface area contributed by atoms with E-state index in [0.717, 1.165) is 4.47 Å². The van der Waals surface area contributed by atoms with Crippen LogP contribution >= 0.6 is 23.9 Å². The molecule has 0 atom stereocenters. The molecule has 0 aromatic carbocycles. The Bertz CT molecular complexity index is 843. The van der Waals surface area contributed by atoms with E-state index in [2.05, 4.69) is 41.5 Å². The van der Waals surface area contributed by atoms with Crippen molar-refractivity contribution in [3.63, 3.8) is 0 Å². The molecular weight excluding hydrogens is 379 g/mol. The van der Waals surface area contributed by atoms with Gasteiger partial charge in [-0.3, -0.25) is 0 Å². The molecule has 3 aromatic rings. The van der Waals surface area contributed by atoms with Crippen molar-refractivity contribution < 1.29 is 19.5 Å². The number of hydrogen-bond acceptors (Lipinski definition) is 8. The van der Waals surface area contributed by atoms with Crippen molar-refractivity contribution >= 4 is 35.0 Å². The number of imidazole rings is 1. The number of nitrogens with one attached hydrogen (secondary N) is 1. The quantitative estimate of drug-likeness (QED) is 0.459. The van der Waals surface area contributed by atoms with Crippen LogP contribution in [0.5, 0.6) is 0 Å². The molecule has 0 radical (unpaired) electrons. The van der Waals surface area contributed by atoms with Crippen molar-refractivity contribution in [3.05, 3.63) is 28.5 Å². The first kappa shape index (κ1) is 15.1. The number of carbonyl (C=O) groups is 1. The van der Waals surface area contributed by atoms with Gasteiger partial charge >= 0.3 is 13.5 Å². The molecule has 0 saturated heterocycles. The van der Waals surface area contributed by atoms with Crippen molar-refractivity contribution in [2.75, 3.05) is 0 Å². The summed E-state index contributed by atoms with van der Waals surface area (Å²) in [5.41, 5.74) is -0.0271. The molecule has 0 aliphatic rings. The van der Waals surface area contributed by atoms with E-state index >= 15 is 0 Å². The van der Waals surface area contributed by atoms with Crippen molar-refractivity contribution in [1.82, 2.24) is 30.0 Å². The third-order valence-corrected chi connectivity index (χ3v) is 4.22. The summed E-state index contributed by atoms with van der Waals surface area (Å²) in [6.45, 7) is 0. The average molecular weight is 388 g/mol. The van der Waals surface area contributed by atoms with E-state index in [4.69, 9.17) is 14.7 Å².